The van der Waals surface area contributed by atoms with Crippen molar-refractivity contribution >= 4 is 33.2 Å². The van der Waals surface area contributed by atoms with Gasteiger partial charge in [-0.2, -0.15) is 0 Å². The van der Waals surface area contributed by atoms with Crippen LogP contribution in [0, 0.1) is 18.6 Å². The Morgan fingerprint density at radius 2 is 1.89 bits per heavy atom. The molecule has 0 spiro atoms. The van der Waals surface area contributed by atoms with Crippen molar-refractivity contribution in [2.45, 2.75) is 13.5 Å². The Labute approximate surface area is 123 Å². The van der Waals surface area contributed by atoms with E-state index in [9.17, 15) is 8.78 Å². The van der Waals surface area contributed by atoms with Gasteiger partial charge in [0.2, 0.25) is 0 Å². The number of nitrogens with one attached hydrogen (secondary N) is 1. The van der Waals surface area contributed by atoms with E-state index in [0.717, 1.165) is 16.8 Å². The molecule has 1 N–H and O–H groups in total. The molecule has 0 saturated carbocycles. The van der Waals surface area contributed by atoms with E-state index in [1.165, 1.54) is 18.2 Å². The number of aryl methyl sites for hydroxylation is 1. The first-order chi connectivity index (χ1) is 8.97. The first-order valence-electron chi connectivity index (χ1n) is 5.61. The molecule has 0 heterocycles. The molecule has 0 aliphatic heterocycles. The van der Waals surface area contributed by atoms with Crippen LogP contribution >= 0.6 is 27.5 Å². The first-order valence-corrected chi connectivity index (χ1v) is 6.78. The van der Waals surface area contributed by atoms with Crippen molar-refractivity contribution in [3.63, 3.8) is 0 Å². The lowest BCUT2D eigenvalue weighted by molar-refractivity contribution is 0.620. The van der Waals surface area contributed by atoms with E-state index in [1.807, 2.05) is 0 Å². The summed E-state index contributed by atoms with van der Waals surface area (Å²) in [6.45, 7) is 2.24. The zero-order valence-corrected chi connectivity index (χ0v) is 12.4. The average molecular weight is 347 g/mol. The molecule has 0 unspecified atom stereocenters. The van der Waals surface area contributed by atoms with Gasteiger partial charge in [-0.25, -0.2) is 8.78 Å². The second-order valence-electron chi connectivity index (χ2n) is 4.18. The summed E-state index contributed by atoms with van der Waals surface area (Å²) in [5.74, 6) is -0.751. The lowest BCUT2D eigenvalue weighted by Gasteiger charge is -2.11. The Morgan fingerprint density at radius 1 is 1.16 bits per heavy atom. The van der Waals surface area contributed by atoms with Gasteiger partial charge < -0.3 is 5.32 Å². The Morgan fingerprint density at radius 3 is 2.58 bits per heavy atom. The van der Waals surface area contributed by atoms with Crippen LogP contribution in [0.2, 0.25) is 5.02 Å². The maximum atomic E-state index is 13.3. The number of hydrogen-bond acceptors (Lipinski definition) is 1. The van der Waals surface area contributed by atoms with Crippen molar-refractivity contribution < 1.29 is 8.78 Å². The molecule has 0 aromatic heterocycles. The number of hydrogen-bond donors (Lipinski definition) is 1. The van der Waals surface area contributed by atoms with Crippen LogP contribution in [0.25, 0.3) is 0 Å². The zero-order chi connectivity index (χ0) is 14.0. The summed E-state index contributed by atoms with van der Waals surface area (Å²) < 4.78 is 27.0. The lowest BCUT2D eigenvalue weighted by Crippen LogP contribution is -2.02. The molecule has 1 nitrogen and oxygen atoms in total. The third-order valence-corrected chi connectivity index (χ3v) is 3.65. The average Bonchev–Trinajstić information content (AvgIpc) is 2.36. The van der Waals surface area contributed by atoms with E-state index in [1.54, 1.807) is 19.1 Å². The Balaban J connectivity index is 2.14. The zero-order valence-electron chi connectivity index (χ0n) is 10.1. The topological polar surface area (TPSA) is 12.0 Å². The summed E-state index contributed by atoms with van der Waals surface area (Å²) in [7, 11) is 0. The van der Waals surface area contributed by atoms with Crippen LogP contribution in [0.15, 0.2) is 34.8 Å². The van der Waals surface area contributed by atoms with Crippen LogP contribution in [0.5, 0.6) is 0 Å². The second-order valence-corrected chi connectivity index (χ2v) is 5.44. The predicted molar refractivity (Wildman–Crippen MR) is 77.6 cm³/mol. The van der Waals surface area contributed by atoms with Gasteiger partial charge in [0.1, 0.15) is 11.6 Å². The van der Waals surface area contributed by atoms with E-state index in [2.05, 4.69) is 21.2 Å². The molecule has 2 aromatic rings. The highest BCUT2D eigenvalue weighted by molar-refractivity contribution is 9.10. The van der Waals surface area contributed by atoms with Gasteiger partial charge in [-0.3, -0.25) is 0 Å². The van der Waals surface area contributed by atoms with Gasteiger partial charge >= 0.3 is 0 Å². The molecule has 0 bridgehead atoms. The summed E-state index contributed by atoms with van der Waals surface area (Å²) in [6, 6.07) is 7.74. The summed E-state index contributed by atoms with van der Waals surface area (Å²) in [5, 5.41) is 3.24. The Kier molecular flexibility index (Phi) is 4.42. The fraction of sp³-hybridized carbons (Fsp3) is 0.143. The molecule has 0 amide bonds. The number of anilines is 1. The van der Waals surface area contributed by atoms with Crippen molar-refractivity contribution in [3.05, 3.63) is 62.6 Å². The number of halogens is 4. The lowest BCUT2D eigenvalue weighted by atomic mass is 10.1. The van der Waals surface area contributed by atoms with Crippen LogP contribution in [0.1, 0.15) is 11.1 Å². The van der Waals surface area contributed by atoms with E-state index in [-0.39, 0.29) is 10.8 Å². The quantitative estimate of drug-likeness (QED) is 0.795. The predicted octanol–water partition coefficient (Wildman–Crippen LogP) is 5.30. The van der Waals surface area contributed by atoms with E-state index in [4.69, 9.17) is 11.6 Å². The molecule has 0 fully saturated rings. The minimum Gasteiger partial charge on any atom is -0.381 e. The fourth-order valence-electron chi connectivity index (χ4n) is 1.68. The van der Waals surface area contributed by atoms with Crippen LogP contribution in [-0.4, -0.2) is 0 Å². The second kappa shape index (κ2) is 5.88. The molecule has 0 saturated heterocycles. The fourth-order valence-corrected chi connectivity index (χ4v) is 2.14. The van der Waals surface area contributed by atoms with Gasteiger partial charge in [-0.1, -0.05) is 17.7 Å². The molecule has 2 aromatic carbocycles. The van der Waals surface area contributed by atoms with Crippen LogP contribution in [0.3, 0.4) is 0 Å². The van der Waals surface area contributed by atoms with Gasteiger partial charge in [0, 0.05) is 12.2 Å². The molecule has 0 aliphatic carbocycles. The normalized spacial score (nSPS) is 10.6. The molecule has 2 rings (SSSR count). The number of benzene rings is 2. The standard InChI is InChI=1S/C14H11BrClF2N/c1-8-4-12(17)10(15)6-14(8)19-7-9-2-3-11(16)13(18)5-9/h2-6,19H,7H2,1H3. The third-order valence-electron chi connectivity index (χ3n) is 2.73. The van der Waals surface area contributed by atoms with Gasteiger partial charge in [-0.15, -0.1) is 0 Å². The van der Waals surface area contributed by atoms with Gasteiger partial charge in [0.25, 0.3) is 0 Å². The summed E-state index contributed by atoms with van der Waals surface area (Å²) >= 11 is 8.75. The molecule has 5 heteroatoms. The largest absolute Gasteiger partial charge is 0.381 e. The minimum atomic E-state index is -0.446. The van der Waals surface area contributed by atoms with Crippen LogP contribution in [-0.2, 0) is 6.54 Å². The third kappa shape index (κ3) is 3.45. The van der Waals surface area contributed by atoms with Crippen molar-refractivity contribution in [2.75, 3.05) is 5.32 Å². The monoisotopic (exact) mass is 345 g/mol. The Hall–Kier alpha value is -1.13. The van der Waals surface area contributed by atoms with Crippen molar-refractivity contribution in [3.8, 4) is 0 Å². The maximum absolute atomic E-state index is 13.3. The van der Waals surface area contributed by atoms with Gasteiger partial charge in [0.05, 0.1) is 9.50 Å². The van der Waals surface area contributed by atoms with Gasteiger partial charge in [-0.05, 0) is 58.2 Å². The van der Waals surface area contributed by atoms with Crippen molar-refractivity contribution in [1.29, 1.82) is 0 Å². The highest BCUT2D eigenvalue weighted by atomic mass is 79.9. The van der Waals surface area contributed by atoms with Gasteiger partial charge in [0.15, 0.2) is 0 Å². The highest BCUT2D eigenvalue weighted by Crippen LogP contribution is 2.25. The van der Waals surface area contributed by atoms with Crippen molar-refractivity contribution in [1.82, 2.24) is 0 Å². The molecule has 0 radical (unpaired) electrons. The summed E-state index contributed by atoms with van der Waals surface area (Å²) in [4.78, 5) is 0. The van der Waals surface area contributed by atoms with Crippen LogP contribution < -0.4 is 5.32 Å². The molecule has 0 atom stereocenters. The molecule has 0 aliphatic rings. The van der Waals surface area contributed by atoms with E-state index < -0.39 is 5.82 Å². The number of rotatable bonds is 3. The SMILES string of the molecule is Cc1cc(F)c(Br)cc1NCc1ccc(Cl)c(F)c1. The minimum absolute atomic E-state index is 0.101. The Bertz CT molecular complexity index is 617. The smallest absolute Gasteiger partial charge is 0.142 e. The molecule has 19 heavy (non-hydrogen) atoms. The molecular formula is C14H11BrClF2N. The summed E-state index contributed by atoms with van der Waals surface area (Å²) in [6.07, 6.45) is 0. The highest BCUT2D eigenvalue weighted by Gasteiger charge is 2.06. The summed E-state index contributed by atoms with van der Waals surface area (Å²) in [5.41, 5.74) is 2.35. The maximum Gasteiger partial charge on any atom is 0.142 e. The van der Waals surface area contributed by atoms with Crippen molar-refractivity contribution in [2.24, 2.45) is 0 Å². The van der Waals surface area contributed by atoms with Crippen LogP contribution in [0.4, 0.5) is 14.5 Å². The van der Waals surface area contributed by atoms with E-state index in [0.29, 0.717) is 11.0 Å². The molecular weight excluding hydrogens is 336 g/mol. The van der Waals surface area contributed by atoms with E-state index >= 15 is 0 Å². The molecule has 100 valence electrons. The first kappa shape index (κ1) is 14.3.